The van der Waals surface area contributed by atoms with Crippen molar-refractivity contribution in [2.24, 2.45) is 5.73 Å². The van der Waals surface area contributed by atoms with Gasteiger partial charge in [0.1, 0.15) is 47.4 Å². The predicted octanol–water partition coefficient (Wildman–Crippen LogP) is 6.86. The van der Waals surface area contributed by atoms with Gasteiger partial charge in [0.25, 0.3) is 0 Å². The summed E-state index contributed by atoms with van der Waals surface area (Å²) in [6.45, 7) is 5.99. The zero-order valence-corrected chi connectivity index (χ0v) is 21.2. The number of benzene rings is 2. The van der Waals surface area contributed by atoms with Crippen LogP contribution in [0.1, 0.15) is 48.5 Å². The first kappa shape index (κ1) is 24.9. The van der Waals surface area contributed by atoms with Crippen molar-refractivity contribution in [1.29, 1.82) is 0 Å². The van der Waals surface area contributed by atoms with Crippen molar-refractivity contribution in [1.82, 2.24) is 4.98 Å². The van der Waals surface area contributed by atoms with E-state index in [0.717, 1.165) is 68.9 Å². The number of furan rings is 2. The quantitative estimate of drug-likeness (QED) is 0.187. The van der Waals surface area contributed by atoms with Gasteiger partial charge in [-0.3, -0.25) is 4.98 Å². The summed E-state index contributed by atoms with van der Waals surface area (Å²) >= 11 is 0. The minimum Gasteiger partial charge on any atom is -0.493 e. The van der Waals surface area contributed by atoms with E-state index < -0.39 is 0 Å². The maximum atomic E-state index is 6.29. The Hall–Kier alpha value is -3.81. The molecule has 3 aromatic heterocycles. The Morgan fingerprint density at radius 2 is 1.89 bits per heavy atom. The fourth-order valence-electron chi connectivity index (χ4n) is 4.41. The molecule has 0 aliphatic carbocycles. The Labute approximate surface area is 216 Å². The third kappa shape index (κ3) is 5.79. The summed E-state index contributed by atoms with van der Waals surface area (Å²) in [4.78, 5) is 4.15. The normalized spacial score (nSPS) is 12.3. The first-order valence-electron chi connectivity index (χ1n) is 12.6. The maximum Gasteiger partial charge on any atom is 0.146 e. The van der Waals surface area contributed by atoms with Gasteiger partial charge in [-0.1, -0.05) is 12.1 Å². The lowest BCUT2D eigenvalue weighted by Crippen LogP contribution is -2.12. The standard InChI is InChI=1S/C30H32N2O5/c1-3-33-18-24-16-22-15-23(11-12-26(22)36-24)35-19-29-20(2)30-27(9-4-10-28(30)37-29)34-14-6-8-25(31)21-7-5-13-32-17-21/h4-5,7,9-13,15-17,25H,3,6,8,14,18-19,31H2,1-2H3. The van der Waals surface area contributed by atoms with Gasteiger partial charge in [-0.15, -0.1) is 0 Å². The summed E-state index contributed by atoms with van der Waals surface area (Å²) in [5.74, 6) is 3.13. The van der Waals surface area contributed by atoms with Gasteiger partial charge in [-0.05, 0) is 74.7 Å². The molecule has 0 radical (unpaired) electrons. The minimum atomic E-state index is -0.0509. The van der Waals surface area contributed by atoms with Gasteiger partial charge in [0.15, 0.2) is 0 Å². The molecule has 3 heterocycles. The molecule has 7 nitrogen and oxygen atoms in total. The van der Waals surface area contributed by atoms with E-state index in [1.54, 1.807) is 6.20 Å². The number of aryl methyl sites for hydroxylation is 1. The summed E-state index contributed by atoms with van der Waals surface area (Å²) in [7, 11) is 0. The van der Waals surface area contributed by atoms with Crippen LogP contribution in [0, 0.1) is 6.92 Å². The van der Waals surface area contributed by atoms with Gasteiger partial charge in [-0.25, -0.2) is 0 Å². The Morgan fingerprint density at radius 3 is 2.73 bits per heavy atom. The highest BCUT2D eigenvalue weighted by Gasteiger charge is 2.16. The second-order valence-electron chi connectivity index (χ2n) is 9.00. The number of rotatable bonds is 12. The van der Waals surface area contributed by atoms with Crippen LogP contribution in [0.3, 0.4) is 0 Å². The molecule has 2 N–H and O–H groups in total. The van der Waals surface area contributed by atoms with Crippen LogP contribution in [0.5, 0.6) is 11.5 Å². The highest BCUT2D eigenvalue weighted by atomic mass is 16.5. The Kier molecular flexibility index (Phi) is 7.73. The molecule has 0 saturated heterocycles. The topological polar surface area (TPSA) is 92.9 Å². The molecule has 192 valence electrons. The van der Waals surface area contributed by atoms with Gasteiger partial charge in [0.2, 0.25) is 0 Å². The minimum absolute atomic E-state index is 0.0509. The van der Waals surface area contributed by atoms with E-state index in [0.29, 0.717) is 26.4 Å². The summed E-state index contributed by atoms with van der Waals surface area (Å²) in [5.41, 5.74) is 9.94. The number of aromatic nitrogens is 1. The molecule has 0 fully saturated rings. The van der Waals surface area contributed by atoms with E-state index in [2.05, 4.69) is 4.98 Å². The van der Waals surface area contributed by atoms with Crippen LogP contribution in [0.25, 0.3) is 21.9 Å². The molecule has 5 rings (SSSR count). The van der Waals surface area contributed by atoms with Crippen LogP contribution < -0.4 is 15.2 Å². The monoisotopic (exact) mass is 500 g/mol. The molecule has 0 saturated carbocycles. The van der Waals surface area contributed by atoms with Gasteiger partial charge in [0.05, 0.1) is 12.0 Å². The van der Waals surface area contributed by atoms with Crippen LogP contribution in [0.15, 0.2) is 75.8 Å². The Balaban J connectivity index is 1.22. The summed E-state index contributed by atoms with van der Waals surface area (Å²) in [6.07, 6.45) is 5.23. The first-order chi connectivity index (χ1) is 18.1. The smallest absolute Gasteiger partial charge is 0.146 e. The van der Waals surface area contributed by atoms with E-state index in [9.17, 15) is 0 Å². The van der Waals surface area contributed by atoms with Crippen molar-refractivity contribution in [3.05, 3.63) is 89.6 Å². The maximum absolute atomic E-state index is 6.29. The van der Waals surface area contributed by atoms with E-state index in [4.69, 9.17) is 28.8 Å². The molecular weight excluding hydrogens is 468 g/mol. The average Bonchev–Trinajstić information content (AvgIpc) is 3.49. The number of nitrogens with zero attached hydrogens (tertiary/aromatic N) is 1. The van der Waals surface area contributed by atoms with Gasteiger partial charge in [0, 0.05) is 36.0 Å². The van der Waals surface area contributed by atoms with Gasteiger partial charge in [-0.2, -0.15) is 0 Å². The lowest BCUT2D eigenvalue weighted by Gasteiger charge is -2.12. The Bertz CT molecular complexity index is 1460. The van der Waals surface area contributed by atoms with Crippen molar-refractivity contribution >= 4 is 21.9 Å². The third-order valence-corrected chi connectivity index (χ3v) is 6.40. The fourth-order valence-corrected chi connectivity index (χ4v) is 4.41. The van der Waals surface area contributed by atoms with Gasteiger partial charge < -0.3 is 28.8 Å². The van der Waals surface area contributed by atoms with Crippen LogP contribution in [0.4, 0.5) is 0 Å². The first-order valence-corrected chi connectivity index (χ1v) is 12.6. The zero-order valence-electron chi connectivity index (χ0n) is 21.2. The van der Waals surface area contributed by atoms with Crippen molar-refractivity contribution in [3.8, 4) is 11.5 Å². The molecule has 2 aromatic carbocycles. The van der Waals surface area contributed by atoms with E-state index >= 15 is 0 Å². The van der Waals surface area contributed by atoms with Crippen molar-refractivity contribution in [3.63, 3.8) is 0 Å². The number of fused-ring (bicyclic) bond motifs is 2. The molecule has 1 atom stereocenters. The molecule has 1 unspecified atom stereocenters. The number of ether oxygens (including phenoxy) is 3. The summed E-state index contributed by atoms with van der Waals surface area (Å²) in [6, 6.07) is 17.5. The van der Waals surface area contributed by atoms with Crippen molar-refractivity contribution in [2.45, 2.75) is 45.9 Å². The summed E-state index contributed by atoms with van der Waals surface area (Å²) in [5, 5.41) is 1.95. The highest BCUT2D eigenvalue weighted by molar-refractivity contribution is 5.88. The van der Waals surface area contributed by atoms with E-state index in [-0.39, 0.29) is 6.04 Å². The summed E-state index contributed by atoms with van der Waals surface area (Å²) < 4.78 is 29.6. The number of hydrogen-bond acceptors (Lipinski definition) is 7. The largest absolute Gasteiger partial charge is 0.493 e. The predicted molar refractivity (Wildman–Crippen MR) is 143 cm³/mol. The molecule has 0 aliphatic rings. The number of hydrogen-bond donors (Lipinski definition) is 1. The molecule has 5 aromatic rings. The number of pyridine rings is 1. The van der Waals surface area contributed by atoms with Crippen LogP contribution in [-0.4, -0.2) is 18.2 Å². The molecule has 7 heteroatoms. The van der Waals surface area contributed by atoms with Crippen molar-refractivity contribution < 1.29 is 23.0 Å². The van der Waals surface area contributed by atoms with Crippen LogP contribution in [-0.2, 0) is 18.0 Å². The lowest BCUT2D eigenvalue weighted by atomic mass is 10.1. The van der Waals surface area contributed by atoms with Crippen LogP contribution >= 0.6 is 0 Å². The molecule has 0 aliphatic heterocycles. The molecule has 0 amide bonds. The molecule has 37 heavy (non-hydrogen) atoms. The third-order valence-electron chi connectivity index (χ3n) is 6.40. The van der Waals surface area contributed by atoms with E-state index in [1.165, 1.54) is 0 Å². The average molecular weight is 501 g/mol. The van der Waals surface area contributed by atoms with Crippen molar-refractivity contribution in [2.75, 3.05) is 13.2 Å². The molecule has 0 bridgehead atoms. The molecular formula is C30H32N2O5. The second kappa shape index (κ2) is 11.5. The lowest BCUT2D eigenvalue weighted by molar-refractivity contribution is 0.119. The zero-order chi connectivity index (χ0) is 25.6. The fraction of sp³-hybridized carbons (Fsp3) is 0.300. The Morgan fingerprint density at radius 1 is 0.973 bits per heavy atom. The van der Waals surface area contributed by atoms with Crippen LogP contribution in [0.2, 0.25) is 0 Å². The second-order valence-corrected chi connectivity index (χ2v) is 9.00. The van der Waals surface area contributed by atoms with Gasteiger partial charge >= 0.3 is 0 Å². The number of nitrogens with two attached hydrogens (primary N) is 1. The molecule has 0 spiro atoms. The SMILES string of the molecule is CCOCc1cc2cc(OCc3oc4cccc(OCCCC(N)c5cccnc5)c4c3C)ccc2o1. The highest BCUT2D eigenvalue weighted by Crippen LogP contribution is 2.34. The van der Waals surface area contributed by atoms with E-state index in [1.807, 2.05) is 74.6 Å².